The van der Waals surface area contributed by atoms with Gasteiger partial charge in [-0.1, -0.05) is 11.6 Å². The molecule has 0 fully saturated rings. The normalized spacial score (nSPS) is 13.2. The molecule has 2 aromatic heterocycles. The van der Waals surface area contributed by atoms with Crippen molar-refractivity contribution in [3.63, 3.8) is 0 Å². The molecular weight excluding hydrogens is 320 g/mol. The van der Waals surface area contributed by atoms with E-state index in [-0.39, 0.29) is 17.6 Å². The average molecular weight is 335 g/mol. The third-order valence-electron chi connectivity index (χ3n) is 3.21. The SMILES string of the molecule is CCN(C(=O)CN1N=CNN1)c1cn(-c2cccnc2)nc1Cl. The molecule has 0 radical (unpaired) electrons. The number of hydrogen-bond donors (Lipinski definition) is 2. The van der Waals surface area contributed by atoms with E-state index in [4.69, 9.17) is 11.6 Å². The number of carbonyl (C=O) groups is 1. The number of carbonyl (C=O) groups excluding carboxylic acids is 1. The van der Waals surface area contributed by atoms with E-state index in [9.17, 15) is 4.79 Å². The molecule has 0 aromatic carbocycles. The van der Waals surface area contributed by atoms with Gasteiger partial charge in [0.05, 0.1) is 18.1 Å². The highest BCUT2D eigenvalue weighted by Crippen LogP contribution is 2.26. The Bertz CT molecular complexity index is 716. The van der Waals surface area contributed by atoms with Crippen LogP contribution in [0.25, 0.3) is 5.69 Å². The molecule has 2 aromatic rings. The van der Waals surface area contributed by atoms with Crippen LogP contribution in [-0.4, -0.2) is 45.2 Å². The summed E-state index contributed by atoms with van der Waals surface area (Å²) in [5, 5.41) is 9.82. The number of hydrogen-bond acceptors (Lipinski definition) is 7. The van der Waals surface area contributed by atoms with Gasteiger partial charge in [-0.15, -0.1) is 10.6 Å². The van der Waals surface area contributed by atoms with E-state index in [1.54, 1.807) is 34.2 Å². The van der Waals surface area contributed by atoms with Crippen LogP contribution in [0.3, 0.4) is 0 Å². The zero-order valence-corrected chi connectivity index (χ0v) is 13.1. The van der Waals surface area contributed by atoms with Crippen molar-refractivity contribution in [3.8, 4) is 5.69 Å². The van der Waals surface area contributed by atoms with Crippen LogP contribution in [0.1, 0.15) is 6.92 Å². The van der Waals surface area contributed by atoms with E-state index in [2.05, 4.69) is 26.1 Å². The fourth-order valence-electron chi connectivity index (χ4n) is 2.15. The first-order valence-corrected chi connectivity index (χ1v) is 7.34. The molecule has 2 N–H and O–H groups in total. The third-order valence-corrected chi connectivity index (χ3v) is 3.48. The number of amides is 1. The molecule has 0 unspecified atom stereocenters. The topological polar surface area (TPSA) is 90.7 Å². The summed E-state index contributed by atoms with van der Waals surface area (Å²) in [4.78, 5) is 18.1. The molecular formula is C13H15ClN8O. The van der Waals surface area contributed by atoms with Crippen LogP contribution >= 0.6 is 11.6 Å². The maximum atomic E-state index is 12.5. The van der Waals surface area contributed by atoms with Crippen LogP contribution in [0.4, 0.5) is 5.69 Å². The summed E-state index contributed by atoms with van der Waals surface area (Å²) in [6, 6.07) is 3.66. The molecule has 0 saturated carbocycles. The minimum atomic E-state index is -0.159. The number of rotatable bonds is 5. The van der Waals surface area contributed by atoms with Crippen molar-refractivity contribution in [1.29, 1.82) is 0 Å². The van der Waals surface area contributed by atoms with E-state index < -0.39 is 0 Å². The van der Waals surface area contributed by atoms with Gasteiger partial charge in [-0.25, -0.2) is 9.80 Å². The first-order chi connectivity index (χ1) is 11.2. The molecule has 10 heteroatoms. The van der Waals surface area contributed by atoms with Crippen molar-refractivity contribution in [3.05, 3.63) is 35.9 Å². The predicted octanol–water partition coefficient (Wildman–Crippen LogP) is 0.542. The molecule has 120 valence electrons. The van der Waals surface area contributed by atoms with Gasteiger partial charge >= 0.3 is 0 Å². The van der Waals surface area contributed by atoms with E-state index in [1.807, 2.05) is 13.0 Å². The number of pyridine rings is 1. The van der Waals surface area contributed by atoms with Crippen molar-refractivity contribution in [2.24, 2.45) is 5.10 Å². The van der Waals surface area contributed by atoms with Crippen molar-refractivity contribution < 1.29 is 4.79 Å². The number of aromatic nitrogens is 3. The van der Waals surface area contributed by atoms with E-state index >= 15 is 0 Å². The van der Waals surface area contributed by atoms with E-state index in [0.717, 1.165) is 5.69 Å². The van der Waals surface area contributed by atoms with Crippen molar-refractivity contribution in [2.45, 2.75) is 6.92 Å². The average Bonchev–Trinajstić information content (AvgIpc) is 3.19. The van der Waals surface area contributed by atoms with Crippen LogP contribution in [0.2, 0.25) is 5.15 Å². The zero-order valence-electron chi connectivity index (χ0n) is 12.3. The maximum absolute atomic E-state index is 12.5. The number of hydrazine groups is 2. The quantitative estimate of drug-likeness (QED) is 0.829. The maximum Gasteiger partial charge on any atom is 0.250 e. The summed E-state index contributed by atoms with van der Waals surface area (Å²) in [5.41, 5.74) is 6.69. The summed E-state index contributed by atoms with van der Waals surface area (Å²) in [6.07, 6.45) is 6.51. The molecule has 9 nitrogen and oxygen atoms in total. The monoisotopic (exact) mass is 334 g/mol. The number of likely N-dealkylation sites (N-methyl/N-ethyl adjacent to an activating group) is 1. The highest BCUT2D eigenvalue weighted by Gasteiger charge is 2.22. The Hall–Kier alpha value is -2.65. The molecule has 0 bridgehead atoms. The molecule has 0 spiro atoms. The Morgan fingerprint density at radius 2 is 2.35 bits per heavy atom. The number of hydrazone groups is 1. The minimum absolute atomic E-state index is 0.0613. The van der Waals surface area contributed by atoms with Crippen LogP contribution in [0.5, 0.6) is 0 Å². The van der Waals surface area contributed by atoms with Crippen LogP contribution in [0.15, 0.2) is 35.8 Å². The highest BCUT2D eigenvalue weighted by atomic mass is 35.5. The second-order valence-corrected chi connectivity index (χ2v) is 5.02. The molecule has 0 atom stereocenters. The fraction of sp³-hybridized carbons (Fsp3) is 0.231. The minimum Gasteiger partial charge on any atom is -0.307 e. The van der Waals surface area contributed by atoms with Crippen molar-refractivity contribution in [1.82, 2.24) is 30.8 Å². The number of anilines is 1. The Morgan fingerprint density at radius 3 is 3.00 bits per heavy atom. The zero-order chi connectivity index (χ0) is 16.2. The third kappa shape index (κ3) is 3.25. The van der Waals surface area contributed by atoms with E-state index in [1.165, 1.54) is 11.5 Å². The largest absolute Gasteiger partial charge is 0.307 e. The van der Waals surface area contributed by atoms with Gasteiger partial charge in [0.2, 0.25) is 5.91 Å². The Kier molecular flexibility index (Phi) is 4.40. The highest BCUT2D eigenvalue weighted by molar-refractivity contribution is 6.32. The number of nitrogens with zero attached hydrogens (tertiary/aromatic N) is 6. The van der Waals surface area contributed by atoms with Gasteiger partial charge in [0.15, 0.2) is 5.15 Å². The predicted molar refractivity (Wildman–Crippen MR) is 85.9 cm³/mol. The van der Waals surface area contributed by atoms with Gasteiger partial charge in [0.1, 0.15) is 18.6 Å². The molecule has 3 heterocycles. The standard InChI is InChI=1S/C13H15ClN8O/c1-2-20(12(23)8-22-17-9-16-19-22)11-7-21(18-13(11)14)10-4-3-5-15-6-10/h3-7,9,19H,2,8H2,1H3,(H,16,17). The molecule has 1 amide bonds. The van der Waals surface area contributed by atoms with Crippen LogP contribution < -0.4 is 15.9 Å². The van der Waals surface area contributed by atoms with Gasteiger partial charge in [-0.2, -0.15) is 5.10 Å². The Labute approximate surface area is 137 Å². The fourth-order valence-corrected chi connectivity index (χ4v) is 2.38. The van der Waals surface area contributed by atoms with Crippen LogP contribution in [-0.2, 0) is 4.79 Å². The molecule has 0 saturated heterocycles. The second kappa shape index (κ2) is 6.63. The summed E-state index contributed by atoms with van der Waals surface area (Å²) in [6.45, 7) is 2.39. The number of nitrogens with one attached hydrogen (secondary N) is 2. The van der Waals surface area contributed by atoms with Crippen LogP contribution in [0, 0.1) is 0 Å². The lowest BCUT2D eigenvalue weighted by atomic mass is 10.4. The number of halogens is 1. The lowest BCUT2D eigenvalue weighted by molar-refractivity contribution is -0.120. The Balaban J connectivity index is 1.82. The lowest BCUT2D eigenvalue weighted by Crippen LogP contribution is -2.44. The summed E-state index contributed by atoms with van der Waals surface area (Å²) in [5.74, 6) is -0.159. The van der Waals surface area contributed by atoms with Crippen molar-refractivity contribution >= 4 is 29.5 Å². The lowest BCUT2D eigenvalue weighted by Gasteiger charge is -2.22. The molecule has 3 rings (SSSR count). The van der Waals surface area contributed by atoms with Gasteiger partial charge in [0, 0.05) is 12.7 Å². The second-order valence-electron chi connectivity index (χ2n) is 4.66. The molecule has 0 aliphatic carbocycles. The molecule has 23 heavy (non-hydrogen) atoms. The molecule has 1 aliphatic heterocycles. The van der Waals surface area contributed by atoms with Gasteiger partial charge in [-0.05, 0) is 19.1 Å². The van der Waals surface area contributed by atoms with Crippen molar-refractivity contribution in [2.75, 3.05) is 18.0 Å². The smallest absolute Gasteiger partial charge is 0.250 e. The summed E-state index contributed by atoms with van der Waals surface area (Å²) >= 11 is 6.21. The summed E-state index contributed by atoms with van der Waals surface area (Å²) < 4.78 is 1.59. The van der Waals surface area contributed by atoms with Gasteiger partial charge in [-0.3, -0.25) is 15.2 Å². The summed E-state index contributed by atoms with van der Waals surface area (Å²) in [7, 11) is 0. The Morgan fingerprint density at radius 1 is 1.48 bits per heavy atom. The van der Waals surface area contributed by atoms with E-state index in [0.29, 0.717) is 12.2 Å². The van der Waals surface area contributed by atoms with Gasteiger partial charge in [0.25, 0.3) is 0 Å². The first kappa shape index (κ1) is 15.3. The van der Waals surface area contributed by atoms with Gasteiger partial charge < -0.3 is 4.90 Å². The first-order valence-electron chi connectivity index (χ1n) is 6.96. The molecule has 1 aliphatic rings.